The Kier molecular flexibility index (Phi) is 5.16. The third-order valence-corrected chi connectivity index (χ3v) is 4.73. The van der Waals surface area contributed by atoms with E-state index in [0.29, 0.717) is 34.5 Å². The Morgan fingerprint density at radius 1 is 1.20 bits per heavy atom. The standard InChI is InChI=1S/C22H19FN4O3/c1-27-21-16(12-25-27)20(7-6-17(21)23)30-15-4-2-14(3-5-15)18-10-13(8-9-28)11-19(26-18)22(24)29/h2-7,10-12,28H,8-9H2,1H3,(H2,24,29). The average Bonchev–Trinajstić information content (AvgIpc) is 3.13. The molecule has 0 bridgehead atoms. The lowest BCUT2D eigenvalue weighted by molar-refractivity contribution is 0.0995. The fraction of sp³-hybridized carbons (Fsp3) is 0.136. The zero-order valence-corrected chi connectivity index (χ0v) is 16.2. The average molecular weight is 406 g/mol. The highest BCUT2D eigenvalue weighted by atomic mass is 19.1. The van der Waals surface area contributed by atoms with Gasteiger partial charge in [0.15, 0.2) is 0 Å². The van der Waals surface area contributed by atoms with Gasteiger partial charge in [-0.15, -0.1) is 0 Å². The zero-order chi connectivity index (χ0) is 21.3. The summed E-state index contributed by atoms with van der Waals surface area (Å²) in [4.78, 5) is 15.9. The number of nitrogens with two attached hydrogens (primary N) is 1. The molecule has 0 atom stereocenters. The van der Waals surface area contributed by atoms with Crippen LogP contribution in [-0.2, 0) is 13.5 Å². The number of fused-ring (bicyclic) bond motifs is 1. The van der Waals surface area contributed by atoms with Gasteiger partial charge in [-0.2, -0.15) is 5.10 Å². The fourth-order valence-corrected chi connectivity index (χ4v) is 3.26. The van der Waals surface area contributed by atoms with Crippen molar-refractivity contribution in [3.8, 4) is 22.8 Å². The molecule has 0 radical (unpaired) electrons. The number of nitrogens with zero attached hydrogens (tertiary/aromatic N) is 3. The van der Waals surface area contributed by atoms with Gasteiger partial charge in [-0.25, -0.2) is 9.37 Å². The van der Waals surface area contributed by atoms with Crippen LogP contribution in [0.4, 0.5) is 4.39 Å². The molecule has 0 aliphatic heterocycles. The maximum atomic E-state index is 14.0. The van der Waals surface area contributed by atoms with Crippen molar-refractivity contribution in [3.05, 3.63) is 71.8 Å². The number of primary amides is 1. The maximum Gasteiger partial charge on any atom is 0.267 e. The van der Waals surface area contributed by atoms with Crippen LogP contribution in [0.3, 0.4) is 0 Å². The van der Waals surface area contributed by atoms with Gasteiger partial charge in [-0.05, 0) is 60.5 Å². The molecule has 4 rings (SSSR count). The van der Waals surface area contributed by atoms with Gasteiger partial charge in [0.1, 0.15) is 28.5 Å². The second-order valence-corrected chi connectivity index (χ2v) is 6.79. The Hall–Kier alpha value is -3.78. The number of aliphatic hydroxyl groups is 1. The number of pyridine rings is 1. The molecule has 8 heteroatoms. The molecule has 0 saturated heterocycles. The molecular formula is C22H19FN4O3. The molecule has 0 unspecified atom stereocenters. The van der Waals surface area contributed by atoms with Crippen molar-refractivity contribution in [1.82, 2.24) is 14.8 Å². The van der Waals surface area contributed by atoms with Crippen molar-refractivity contribution in [2.45, 2.75) is 6.42 Å². The first-order valence-electron chi connectivity index (χ1n) is 9.26. The van der Waals surface area contributed by atoms with Crippen LogP contribution in [0.15, 0.2) is 54.7 Å². The van der Waals surface area contributed by atoms with E-state index in [4.69, 9.17) is 10.5 Å². The third kappa shape index (κ3) is 3.72. The lowest BCUT2D eigenvalue weighted by Crippen LogP contribution is -2.14. The molecule has 2 aromatic carbocycles. The molecule has 0 fully saturated rings. The first-order valence-corrected chi connectivity index (χ1v) is 9.26. The van der Waals surface area contributed by atoms with Gasteiger partial charge in [-0.3, -0.25) is 9.48 Å². The number of halogens is 1. The maximum absolute atomic E-state index is 14.0. The van der Waals surface area contributed by atoms with E-state index in [9.17, 15) is 14.3 Å². The molecule has 152 valence electrons. The normalized spacial score (nSPS) is 11.0. The van der Waals surface area contributed by atoms with E-state index in [2.05, 4.69) is 10.1 Å². The van der Waals surface area contributed by atoms with E-state index in [1.165, 1.54) is 10.7 Å². The van der Waals surface area contributed by atoms with E-state index in [1.807, 2.05) is 0 Å². The summed E-state index contributed by atoms with van der Waals surface area (Å²) in [5, 5.41) is 13.9. The van der Waals surface area contributed by atoms with Gasteiger partial charge >= 0.3 is 0 Å². The lowest BCUT2D eigenvalue weighted by Gasteiger charge is -2.10. The second-order valence-electron chi connectivity index (χ2n) is 6.79. The number of hydrogen-bond donors (Lipinski definition) is 2. The molecular weight excluding hydrogens is 387 g/mol. The number of benzene rings is 2. The predicted molar refractivity (Wildman–Crippen MR) is 110 cm³/mol. The molecule has 0 aliphatic carbocycles. The SMILES string of the molecule is Cn1ncc2c(Oc3ccc(-c4cc(CCO)cc(C(N)=O)n4)cc3)ccc(F)c21. The highest BCUT2D eigenvalue weighted by Gasteiger charge is 2.13. The Bertz CT molecular complexity index is 1240. The van der Waals surface area contributed by atoms with Crippen LogP contribution < -0.4 is 10.5 Å². The highest BCUT2D eigenvalue weighted by molar-refractivity contribution is 5.91. The molecule has 3 N–H and O–H groups in total. The monoisotopic (exact) mass is 406 g/mol. The topological polar surface area (TPSA) is 103 Å². The first kappa shape index (κ1) is 19.5. The third-order valence-electron chi connectivity index (χ3n) is 4.73. The Balaban J connectivity index is 1.64. The number of hydrogen-bond acceptors (Lipinski definition) is 5. The van der Waals surface area contributed by atoms with E-state index in [-0.39, 0.29) is 18.1 Å². The number of aromatic nitrogens is 3. The zero-order valence-electron chi connectivity index (χ0n) is 16.2. The largest absolute Gasteiger partial charge is 0.457 e. The van der Waals surface area contributed by atoms with E-state index < -0.39 is 5.91 Å². The molecule has 30 heavy (non-hydrogen) atoms. The van der Waals surface area contributed by atoms with Gasteiger partial charge in [0.25, 0.3) is 5.91 Å². The second kappa shape index (κ2) is 7.92. The number of carbonyl (C=O) groups excluding carboxylic acids is 1. The summed E-state index contributed by atoms with van der Waals surface area (Å²) in [6.45, 7) is -0.0467. The Labute approximate surface area is 171 Å². The van der Waals surface area contributed by atoms with Crippen LogP contribution >= 0.6 is 0 Å². The van der Waals surface area contributed by atoms with Crippen molar-refractivity contribution in [2.24, 2.45) is 12.8 Å². The minimum atomic E-state index is -0.632. The summed E-state index contributed by atoms with van der Waals surface area (Å²) in [5.74, 6) is 0.0445. The van der Waals surface area contributed by atoms with Gasteiger partial charge < -0.3 is 15.6 Å². The van der Waals surface area contributed by atoms with Crippen LogP contribution in [0, 0.1) is 5.82 Å². The van der Waals surface area contributed by atoms with E-state index >= 15 is 0 Å². The molecule has 1 amide bonds. The van der Waals surface area contributed by atoms with Crippen molar-refractivity contribution in [2.75, 3.05) is 6.61 Å². The first-order chi connectivity index (χ1) is 14.5. The van der Waals surface area contributed by atoms with Gasteiger partial charge in [0, 0.05) is 19.2 Å². The van der Waals surface area contributed by atoms with Crippen LogP contribution in [0.5, 0.6) is 11.5 Å². The minimum Gasteiger partial charge on any atom is -0.457 e. The quantitative estimate of drug-likeness (QED) is 0.512. The fourth-order valence-electron chi connectivity index (χ4n) is 3.26. The number of amides is 1. The summed E-state index contributed by atoms with van der Waals surface area (Å²) >= 11 is 0. The summed E-state index contributed by atoms with van der Waals surface area (Å²) in [5.41, 5.74) is 7.98. The summed E-state index contributed by atoms with van der Waals surface area (Å²) in [6, 6.07) is 13.4. The summed E-state index contributed by atoms with van der Waals surface area (Å²) < 4.78 is 21.4. The van der Waals surface area contributed by atoms with Crippen molar-refractivity contribution >= 4 is 16.8 Å². The van der Waals surface area contributed by atoms with E-state index in [0.717, 1.165) is 11.1 Å². The number of aliphatic hydroxyl groups excluding tert-OH is 1. The number of carbonyl (C=O) groups is 1. The number of aryl methyl sites for hydroxylation is 1. The van der Waals surface area contributed by atoms with Gasteiger partial charge in [0.2, 0.25) is 0 Å². The Morgan fingerprint density at radius 3 is 2.67 bits per heavy atom. The minimum absolute atomic E-state index is 0.0467. The molecule has 0 aliphatic rings. The van der Waals surface area contributed by atoms with Crippen LogP contribution in [0.2, 0.25) is 0 Å². The lowest BCUT2D eigenvalue weighted by atomic mass is 10.1. The number of rotatable bonds is 6. The molecule has 7 nitrogen and oxygen atoms in total. The molecule has 2 aromatic heterocycles. The molecule has 0 saturated carbocycles. The molecule has 0 spiro atoms. The van der Waals surface area contributed by atoms with Crippen molar-refractivity contribution in [3.63, 3.8) is 0 Å². The number of ether oxygens (including phenoxy) is 1. The van der Waals surface area contributed by atoms with Gasteiger partial charge in [0.05, 0.1) is 17.3 Å². The predicted octanol–water partition coefficient (Wildman–Crippen LogP) is 3.20. The Morgan fingerprint density at radius 2 is 1.97 bits per heavy atom. The van der Waals surface area contributed by atoms with Crippen LogP contribution in [-0.4, -0.2) is 32.4 Å². The molecule has 4 aromatic rings. The van der Waals surface area contributed by atoms with E-state index in [1.54, 1.807) is 55.7 Å². The smallest absolute Gasteiger partial charge is 0.267 e. The molecule has 2 heterocycles. The highest BCUT2D eigenvalue weighted by Crippen LogP contribution is 2.32. The van der Waals surface area contributed by atoms with Crippen molar-refractivity contribution < 1.29 is 19.0 Å². The van der Waals surface area contributed by atoms with Crippen molar-refractivity contribution in [1.29, 1.82) is 0 Å². The van der Waals surface area contributed by atoms with Crippen LogP contribution in [0.25, 0.3) is 22.2 Å². The van der Waals surface area contributed by atoms with Crippen LogP contribution in [0.1, 0.15) is 16.1 Å². The summed E-state index contributed by atoms with van der Waals surface area (Å²) in [6.07, 6.45) is 1.95. The summed E-state index contributed by atoms with van der Waals surface area (Å²) in [7, 11) is 1.67. The van der Waals surface area contributed by atoms with Gasteiger partial charge in [-0.1, -0.05) is 0 Å².